The van der Waals surface area contributed by atoms with Crippen molar-refractivity contribution in [3.8, 4) is 0 Å². The van der Waals surface area contributed by atoms with E-state index in [1.165, 1.54) is 0 Å². The van der Waals surface area contributed by atoms with Gasteiger partial charge in [-0.05, 0) is 54.8 Å². The zero-order chi connectivity index (χ0) is 19.8. The van der Waals surface area contributed by atoms with Crippen LogP contribution in [-0.2, 0) is 9.59 Å². The third kappa shape index (κ3) is 3.56. The molecule has 1 N–H and O–H groups in total. The maximum atomic E-state index is 12.8. The molecule has 2 aliphatic rings. The monoisotopic (exact) mass is 457 g/mol. The van der Waals surface area contributed by atoms with E-state index < -0.39 is 5.92 Å². The normalized spacial score (nSPS) is 23.9. The van der Waals surface area contributed by atoms with E-state index in [0.29, 0.717) is 34.7 Å². The molecule has 0 saturated heterocycles. The van der Waals surface area contributed by atoms with Gasteiger partial charge in [0.2, 0.25) is 0 Å². The van der Waals surface area contributed by atoms with E-state index in [0.717, 1.165) is 4.47 Å². The van der Waals surface area contributed by atoms with Crippen LogP contribution in [0.2, 0.25) is 0 Å². The fraction of sp³-hybridized carbons (Fsp3) is 0.227. The second-order valence-corrected chi connectivity index (χ2v) is 8.53. The van der Waals surface area contributed by atoms with Gasteiger partial charge in [0.05, 0.1) is 0 Å². The molecule has 6 heteroatoms. The fourth-order valence-corrected chi connectivity index (χ4v) is 4.45. The number of nitrogens with one attached hydrogen (secondary N) is 1. The SMILES string of the molecule is O=C(Nc1ccc(Br)cc1)c1ccc(C2C(=O)C3CC=C(Cl)CC3C2=O)cc1. The van der Waals surface area contributed by atoms with E-state index in [2.05, 4.69) is 21.2 Å². The largest absolute Gasteiger partial charge is 0.322 e. The molecule has 2 aromatic carbocycles. The van der Waals surface area contributed by atoms with Crippen LogP contribution in [-0.4, -0.2) is 17.5 Å². The van der Waals surface area contributed by atoms with Crippen molar-refractivity contribution in [2.45, 2.75) is 18.8 Å². The Hall–Kier alpha value is -2.24. The number of halogens is 2. The summed E-state index contributed by atoms with van der Waals surface area (Å²) in [6, 6.07) is 14.0. The van der Waals surface area contributed by atoms with Crippen LogP contribution < -0.4 is 5.32 Å². The number of amides is 1. The van der Waals surface area contributed by atoms with Crippen LogP contribution in [0.25, 0.3) is 0 Å². The summed E-state index contributed by atoms with van der Waals surface area (Å²) in [6.45, 7) is 0. The first-order valence-electron chi connectivity index (χ1n) is 9.03. The van der Waals surface area contributed by atoms with Crippen molar-refractivity contribution in [1.82, 2.24) is 0 Å². The standard InChI is InChI=1S/C22H17BrClNO3/c23-14-5-8-16(9-6-14)25-22(28)13-3-1-12(2-4-13)19-20(26)17-10-7-15(24)11-18(17)21(19)27/h1-9,17-19H,10-11H2,(H,25,28). The molecule has 1 saturated carbocycles. The van der Waals surface area contributed by atoms with Crippen molar-refractivity contribution in [1.29, 1.82) is 0 Å². The second kappa shape index (κ2) is 7.64. The second-order valence-electron chi connectivity index (χ2n) is 7.12. The Labute approximate surface area is 176 Å². The zero-order valence-corrected chi connectivity index (χ0v) is 17.2. The summed E-state index contributed by atoms with van der Waals surface area (Å²) >= 11 is 9.43. The van der Waals surface area contributed by atoms with Gasteiger partial charge in [-0.2, -0.15) is 0 Å². The van der Waals surface area contributed by atoms with Gasteiger partial charge in [0.1, 0.15) is 5.92 Å². The summed E-state index contributed by atoms with van der Waals surface area (Å²) in [5.74, 6) is -1.70. The molecule has 0 radical (unpaired) electrons. The van der Waals surface area contributed by atoms with Crippen LogP contribution in [0.3, 0.4) is 0 Å². The number of rotatable bonds is 3. The highest BCUT2D eigenvalue weighted by atomic mass is 79.9. The van der Waals surface area contributed by atoms with Gasteiger partial charge in [0, 0.05) is 32.6 Å². The molecular weight excluding hydrogens is 442 g/mol. The molecule has 1 fully saturated rings. The van der Waals surface area contributed by atoms with E-state index >= 15 is 0 Å². The van der Waals surface area contributed by atoms with Gasteiger partial charge < -0.3 is 5.32 Å². The topological polar surface area (TPSA) is 63.2 Å². The Morgan fingerprint density at radius 1 is 0.964 bits per heavy atom. The molecule has 2 aromatic rings. The maximum absolute atomic E-state index is 12.8. The minimum atomic E-state index is -0.755. The molecule has 3 atom stereocenters. The summed E-state index contributed by atoms with van der Waals surface area (Å²) in [5.41, 5.74) is 1.79. The highest BCUT2D eigenvalue weighted by Gasteiger charge is 2.50. The van der Waals surface area contributed by atoms with Gasteiger partial charge in [-0.1, -0.05) is 45.7 Å². The summed E-state index contributed by atoms with van der Waals surface area (Å²) in [4.78, 5) is 38.0. The number of ketones is 2. The van der Waals surface area contributed by atoms with E-state index in [4.69, 9.17) is 11.6 Å². The lowest BCUT2D eigenvalue weighted by Crippen LogP contribution is -2.20. The van der Waals surface area contributed by atoms with Crippen molar-refractivity contribution in [3.63, 3.8) is 0 Å². The first kappa shape index (κ1) is 19.1. The number of hydrogen-bond acceptors (Lipinski definition) is 3. The molecule has 1 amide bonds. The zero-order valence-electron chi connectivity index (χ0n) is 14.8. The third-order valence-corrected chi connectivity index (χ3v) is 6.24. The summed E-state index contributed by atoms with van der Waals surface area (Å²) in [5, 5.41) is 3.48. The lowest BCUT2D eigenvalue weighted by molar-refractivity contribution is -0.125. The number of fused-ring (bicyclic) bond motifs is 1. The molecule has 0 spiro atoms. The first-order chi connectivity index (χ1) is 13.4. The average molecular weight is 459 g/mol. The lowest BCUT2D eigenvalue weighted by atomic mass is 9.85. The lowest BCUT2D eigenvalue weighted by Gasteiger charge is -2.19. The number of Topliss-reactive ketones (excluding diaryl/α,β-unsaturated/α-hetero) is 2. The number of carbonyl (C=O) groups is 3. The van der Waals surface area contributed by atoms with Crippen LogP contribution in [0.1, 0.15) is 34.7 Å². The van der Waals surface area contributed by atoms with Crippen LogP contribution >= 0.6 is 27.5 Å². The minimum absolute atomic E-state index is 0.0394. The van der Waals surface area contributed by atoms with Gasteiger partial charge in [0.15, 0.2) is 11.6 Å². The number of benzene rings is 2. The van der Waals surface area contributed by atoms with Crippen LogP contribution in [0.15, 0.2) is 64.1 Å². The Balaban J connectivity index is 1.50. The Morgan fingerprint density at radius 2 is 1.61 bits per heavy atom. The molecule has 0 aliphatic heterocycles. The molecule has 4 nitrogen and oxygen atoms in total. The van der Waals surface area contributed by atoms with Crippen LogP contribution in [0.5, 0.6) is 0 Å². The molecule has 0 aromatic heterocycles. The molecule has 142 valence electrons. The summed E-state index contributed by atoms with van der Waals surface area (Å²) < 4.78 is 0.929. The molecule has 2 aliphatic carbocycles. The van der Waals surface area contributed by atoms with E-state index in [-0.39, 0.29) is 29.3 Å². The Bertz CT molecular complexity index is 982. The predicted molar refractivity (Wildman–Crippen MR) is 111 cm³/mol. The minimum Gasteiger partial charge on any atom is -0.322 e. The van der Waals surface area contributed by atoms with Crippen molar-refractivity contribution < 1.29 is 14.4 Å². The average Bonchev–Trinajstić information content (AvgIpc) is 2.93. The number of carbonyl (C=O) groups excluding carboxylic acids is 3. The quantitative estimate of drug-likeness (QED) is 0.652. The number of allylic oxidation sites excluding steroid dienone is 2. The summed E-state index contributed by atoms with van der Waals surface area (Å²) in [7, 11) is 0. The molecule has 0 heterocycles. The molecule has 28 heavy (non-hydrogen) atoms. The van der Waals surface area contributed by atoms with Gasteiger partial charge in [0.25, 0.3) is 5.91 Å². The maximum Gasteiger partial charge on any atom is 0.255 e. The van der Waals surface area contributed by atoms with Crippen LogP contribution in [0, 0.1) is 11.8 Å². The Kier molecular flexibility index (Phi) is 5.21. The Morgan fingerprint density at radius 3 is 2.29 bits per heavy atom. The highest BCUT2D eigenvalue weighted by Crippen LogP contribution is 2.44. The van der Waals surface area contributed by atoms with E-state index in [1.807, 2.05) is 18.2 Å². The molecule has 4 rings (SSSR count). The van der Waals surface area contributed by atoms with E-state index in [1.54, 1.807) is 36.4 Å². The predicted octanol–water partition coefficient (Wildman–Crippen LogP) is 5.09. The van der Waals surface area contributed by atoms with Gasteiger partial charge in [-0.15, -0.1) is 0 Å². The fourth-order valence-electron chi connectivity index (χ4n) is 3.93. The van der Waals surface area contributed by atoms with Crippen molar-refractivity contribution in [2.75, 3.05) is 5.32 Å². The van der Waals surface area contributed by atoms with Gasteiger partial charge in [-0.3, -0.25) is 14.4 Å². The number of anilines is 1. The smallest absolute Gasteiger partial charge is 0.255 e. The molecular formula is C22H17BrClNO3. The summed E-state index contributed by atoms with van der Waals surface area (Å²) in [6.07, 6.45) is 2.81. The van der Waals surface area contributed by atoms with Crippen molar-refractivity contribution >= 4 is 50.7 Å². The van der Waals surface area contributed by atoms with Crippen LogP contribution in [0.4, 0.5) is 5.69 Å². The first-order valence-corrected chi connectivity index (χ1v) is 10.2. The molecule has 0 bridgehead atoms. The highest BCUT2D eigenvalue weighted by molar-refractivity contribution is 9.10. The van der Waals surface area contributed by atoms with Crippen molar-refractivity contribution in [2.24, 2.45) is 11.8 Å². The van der Waals surface area contributed by atoms with Gasteiger partial charge in [-0.25, -0.2) is 0 Å². The van der Waals surface area contributed by atoms with Crippen molar-refractivity contribution in [3.05, 3.63) is 75.2 Å². The molecule has 3 unspecified atom stereocenters. The van der Waals surface area contributed by atoms with E-state index in [9.17, 15) is 14.4 Å². The van der Waals surface area contributed by atoms with Gasteiger partial charge >= 0.3 is 0 Å². The number of hydrogen-bond donors (Lipinski definition) is 1. The third-order valence-electron chi connectivity index (χ3n) is 5.40.